The molecule has 0 saturated heterocycles. The molecule has 1 atom stereocenters. The Morgan fingerprint density at radius 3 is 2.60 bits per heavy atom. The Morgan fingerprint density at radius 2 is 2.40 bits per heavy atom. The Balaban J connectivity index is 2.87. The van der Waals surface area contributed by atoms with Gasteiger partial charge in [-0.2, -0.15) is 0 Å². The maximum atomic E-state index is 11.0. The SMILES string of the molecule is CCC1(C)N=C(N)NC1=O. The Hall–Kier alpha value is -1.06. The van der Waals surface area contributed by atoms with Crippen molar-refractivity contribution in [1.82, 2.24) is 5.32 Å². The van der Waals surface area contributed by atoms with Crippen LogP contribution in [0, 0.1) is 0 Å². The monoisotopic (exact) mass is 141 g/mol. The van der Waals surface area contributed by atoms with E-state index in [9.17, 15) is 4.79 Å². The Labute approximate surface area is 59.5 Å². The first-order valence-corrected chi connectivity index (χ1v) is 3.25. The minimum atomic E-state index is -0.621. The largest absolute Gasteiger partial charge is 0.370 e. The van der Waals surface area contributed by atoms with E-state index in [1.54, 1.807) is 6.92 Å². The number of nitrogens with zero attached hydrogens (tertiary/aromatic N) is 1. The number of nitrogens with two attached hydrogens (primary N) is 1. The molecule has 0 aromatic heterocycles. The van der Waals surface area contributed by atoms with Gasteiger partial charge in [0.25, 0.3) is 5.91 Å². The summed E-state index contributed by atoms with van der Waals surface area (Å²) in [5.41, 5.74) is 4.67. The van der Waals surface area contributed by atoms with Crippen LogP contribution in [0.4, 0.5) is 0 Å². The number of aliphatic imine (C=N–C) groups is 1. The van der Waals surface area contributed by atoms with Crippen molar-refractivity contribution < 1.29 is 4.79 Å². The molecule has 0 radical (unpaired) electrons. The highest BCUT2D eigenvalue weighted by Crippen LogP contribution is 2.18. The molecule has 1 aliphatic heterocycles. The molecule has 4 nitrogen and oxygen atoms in total. The van der Waals surface area contributed by atoms with Gasteiger partial charge in [-0.05, 0) is 13.3 Å². The van der Waals surface area contributed by atoms with Gasteiger partial charge in [-0.15, -0.1) is 0 Å². The molecule has 0 saturated carbocycles. The van der Waals surface area contributed by atoms with Gasteiger partial charge >= 0.3 is 0 Å². The van der Waals surface area contributed by atoms with Crippen molar-refractivity contribution in [3.63, 3.8) is 0 Å². The summed E-state index contributed by atoms with van der Waals surface area (Å²) in [4.78, 5) is 15.0. The fraction of sp³-hybridized carbons (Fsp3) is 0.667. The van der Waals surface area contributed by atoms with Crippen molar-refractivity contribution in [2.24, 2.45) is 10.7 Å². The number of hydrogen-bond donors (Lipinski definition) is 2. The highest BCUT2D eigenvalue weighted by molar-refractivity contribution is 6.06. The number of nitrogens with one attached hydrogen (secondary N) is 1. The molecule has 1 rings (SSSR count). The van der Waals surface area contributed by atoms with Crippen LogP contribution in [0.15, 0.2) is 4.99 Å². The molecule has 0 fully saturated rings. The number of carbonyl (C=O) groups excluding carboxylic acids is 1. The Bertz CT molecular complexity index is 199. The third-order valence-electron chi connectivity index (χ3n) is 1.79. The van der Waals surface area contributed by atoms with E-state index in [0.29, 0.717) is 6.42 Å². The first-order valence-electron chi connectivity index (χ1n) is 3.25. The van der Waals surface area contributed by atoms with Crippen LogP contribution in [0.25, 0.3) is 0 Å². The Kier molecular flexibility index (Phi) is 1.39. The lowest BCUT2D eigenvalue weighted by Gasteiger charge is -2.12. The highest BCUT2D eigenvalue weighted by Gasteiger charge is 2.36. The number of rotatable bonds is 1. The molecule has 0 aromatic rings. The first kappa shape index (κ1) is 7.05. The maximum Gasteiger partial charge on any atom is 0.254 e. The minimum absolute atomic E-state index is 0.104. The summed E-state index contributed by atoms with van der Waals surface area (Å²) >= 11 is 0. The predicted octanol–water partition coefficient (Wildman–Crippen LogP) is -0.400. The zero-order valence-corrected chi connectivity index (χ0v) is 6.14. The van der Waals surface area contributed by atoms with Crippen LogP contribution >= 0.6 is 0 Å². The molecule has 1 heterocycles. The summed E-state index contributed by atoms with van der Waals surface area (Å²) in [5, 5.41) is 2.45. The molecule has 0 aromatic carbocycles. The van der Waals surface area contributed by atoms with Crippen molar-refractivity contribution in [3.05, 3.63) is 0 Å². The van der Waals surface area contributed by atoms with Crippen molar-refractivity contribution in [2.75, 3.05) is 0 Å². The molecule has 0 aliphatic carbocycles. The van der Waals surface area contributed by atoms with E-state index in [0.717, 1.165) is 0 Å². The average molecular weight is 141 g/mol. The van der Waals surface area contributed by atoms with Gasteiger partial charge < -0.3 is 5.73 Å². The van der Waals surface area contributed by atoms with Crippen molar-refractivity contribution in [2.45, 2.75) is 25.8 Å². The molecule has 10 heavy (non-hydrogen) atoms. The summed E-state index contributed by atoms with van der Waals surface area (Å²) in [5.74, 6) is 0.127. The quantitative estimate of drug-likeness (QED) is 0.521. The molecule has 0 bridgehead atoms. The van der Waals surface area contributed by atoms with Gasteiger partial charge in [0.05, 0.1) is 0 Å². The molecular weight excluding hydrogens is 130 g/mol. The van der Waals surface area contributed by atoms with Crippen LogP contribution in [-0.2, 0) is 4.79 Å². The van der Waals surface area contributed by atoms with Gasteiger partial charge in [0.2, 0.25) is 0 Å². The summed E-state index contributed by atoms with van der Waals surface area (Å²) in [7, 11) is 0. The van der Waals surface area contributed by atoms with Gasteiger partial charge in [0.1, 0.15) is 5.54 Å². The van der Waals surface area contributed by atoms with E-state index in [-0.39, 0.29) is 11.9 Å². The van der Waals surface area contributed by atoms with E-state index in [4.69, 9.17) is 5.73 Å². The number of amides is 1. The lowest BCUT2D eigenvalue weighted by atomic mass is 10.0. The molecule has 3 N–H and O–H groups in total. The lowest BCUT2D eigenvalue weighted by Crippen LogP contribution is -2.38. The van der Waals surface area contributed by atoms with Gasteiger partial charge in [-0.3, -0.25) is 10.1 Å². The van der Waals surface area contributed by atoms with Gasteiger partial charge in [0.15, 0.2) is 5.96 Å². The van der Waals surface area contributed by atoms with E-state index >= 15 is 0 Å². The van der Waals surface area contributed by atoms with Gasteiger partial charge in [0, 0.05) is 0 Å². The second-order valence-electron chi connectivity index (χ2n) is 2.58. The summed E-state index contributed by atoms with van der Waals surface area (Å²) in [6, 6.07) is 0. The van der Waals surface area contributed by atoms with Crippen molar-refractivity contribution in [3.8, 4) is 0 Å². The Morgan fingerprint density at radius 1 is 1.80 bits per heavy atom. The third kappa shape index (κ3) is 0.853. The van der Waals surface area contributed by atoms with Crippen LogP contribution in [0.1, 0.15) is 20.3 Å². The predicted molar refractivity (Wildman–Crippen MR) is 38.5 cm³/mol. The van der Waals surface area contributed by atoms with E-state index < -0.39 is 5.54 Å². The number of carbonyl (C=O) groups is 1. The molecule has 0 spiro atoms. The van der Waals surface area contributed by atoms with E-state index in [1.807, 2.05) is 6.92 Å². The molecule has 56 valence electrons. The summed E-state index contributed by atoms with van der Waals surface area (Å²) in [6.07, 6.45) is 0.680. The second kappa shape index (κ2) is 1.97. The lowest BCUT2D eigenvalue weighted by molar-refractivity contribution is -0.123. The molecular formula is C6H11N3O. The van der Waals surface area contributed by atoms with Crippen LogP contribution < -0.4 is 11.1 Å². The van der Waals surface area contributed by atoms with Crippen molar-refractivity contribution in [1.29, 1.82) is 0 Å². The zero-order valence-electron chi connectivity index (χ0n) is 6.14. The molecule has 1 aliphatic rings. The first-order chi connectivity index (χ1) is 4.58. The van der Waals surface area contributed by atoms with Crippen LogP contribution in [0.3, 0.4) is 0 Å². The van der Waals surface area contributed by atoms with E-state index in [1.165, 1.54) is 0 Å². The average Bonchev–Trinajstić information content (AvgIpc) is 2.09. The summed E-state index contributed by atoms with van der Waals surface area (Å²) < 4.78 is 0. The topological polar surface area (TPSA) is 67.5 Å². The molecule has 4 heteroatoms. The minimum Gasteiger partial charge on any atom is -0.370 e. The number of guanidine groups is 1. The maximum absolute atomic E-state index is 11.0. The van der Waals surface area contributed by atoms with E-state index in [2.05, 4.69) is 10.3 Å². The molecule has 1 unspecified atom stereocenters. The standard InChI is InChI=1S/C6H11N3O/c1-3-6(2)4(10)8-5(7)9-6/h3H2,1-2H3,(H3,7,8,9,10). The number of hydrogen-bond acceptors (Lipinski definition) is 3. The summed E-state index contributed by atoms with van der Waals surface area (Å²) in [6.45, 7) is 3.67. The third-order valence-corrected chi connectivity index (χ3v) is 1.79. The normalized spacial score (nSPS) is 31.8. The fourth-order valence-corrected chi connectivity index (χ4v) is 0.835. The second-order valence-corrected chi connectivity index (χ2v) is 2.58. The molecule has 1 amide bonds. The van der Waals surface area contributed by atoms with Crippen molar-refractivity contribution >= 4 is 11.9 Å². The van der Waals surface area contributed by atoms with Crippen LogP contribution in [-0.4, -0.2) is 17.4 Å². The fourth-order valence-electron chi connectivity index (χ4n) is 0.835. The van der Waals surface area contributed by atoms with Gasteiger partial charge in [-0.1, -0.05) is 6.92 Å². The van der Waals surface area contributed by atoms with Crippen LogP contribution in [0.2, 0.25) is 0 Å². The van der Waals surface area contributed by atoms with Crippen LogP contribution in [0.5, 0.6) is 0 Å². The zero-order chi connectivity index (χ0) is 7.78. The highest BCUT2D eigenvalue weighted by atomic mass is 16.2. The smallest absolute Gasteiger partial charge is 0.254 e. The van der Waals surface area contributed by atoms with Gasteiger partial charge in [-0.25, -0.2) is 4.99 Å².